The molecule has 2 aliphatic rings. The van der Waals surface area contributed by atoms with Crippen LogP contribution >= 0.6 is 0 Å². The van der Waals surface area contributed by atoms with Gasteiger partial charge in [-0.1, -0.05) is 60.7 Å². The molecule has 2 aromatic rings. The van der Waals surface area contributed by atoms with Gasteiger partial charge in [0.2, 0.25) is 5.90 Å². The van der Waals surface area contributed by atoms with Gasteiger partial charge in [0.15, 0.2) is 0 Å². The molecule has 2 aliphatic heterocycles. The van der Waals surface area contributed by atoms with Crippen LogP contribution in [0.15, 0.2) is 65.7 Å². The van der Waals surface area contributed by atoms with Gasteiger partial charge >= 0.3 is 6.09 Å². The summed E-state index contributed by atoms with van der Waals surface area (Å²) in [6.45, 7) is 6.84. The number of likely N-dealkylation sites (tertiary alicyclic amines) is 1. The van der Waals surface area contributed by atoms with Crippen LogP contribution in [0, 0.1) is 0 Å². The lowest BCUT2D eigenvalue weighted by Gasteiger charge is -2.28. The van der Waals surface area contributed by atoms with Crippen molar-refractivity contribution < 1.29 is 14.3 Å². The summed E-state index contributed by atoms with van der Waals surface area (Å²) in [5.74, 6) is 0.906. The molecule has 5 heteroatoms. The first-order valence-electron chi connectivity index (χ1n) is 10.7. The number of benzene rings is 2. The van der Waals surface area contributed by atoms with Gasteiger partial charge in [0.25, 0.3) is 0 Å². The summed E-state index contributed by atoms with van der Waals surface area (Å²) in [6, 6.07) is 20.6. The van der Waals surface area contributed by atoms with Gasteiger partial charge in [-0.25, -0.2) is 9.79 Å². The van der Waals surface area contributed by atoms with E-state index in [1.807, 2.05) is 57.2 Å². The summed E-state index contributed by atoms with van der Waals surface area (Å²) >= 11 is 0. The van der Waals surface area contributed by atoms with Crippen LogP contribution in [0.1, 0.15) is 44.2 Å². The average Bonchev–Trinajstić information content (AvgIpc) is 3.35. The monoisotopic (exact) mass is 406 g/mol. The van der Waals surface area contributed by atoms with E-state index in [0.717, 1.165) is 12.8 Å². The van der Waals surface area contributed by atoms with Crippen LogP contribution in [-0.4, -0.2) is 47.7 Å². The zero-order valence-corrected chi connectivity index (χ0v) is 18.0. The van der Waals surface area contributed by atoms with Crippen molar-refractivity contribution in [2.75, 3.05) is 13.2 Å². The van der Waals surface area contributed by atoms with Crippen molar-refractivity contribution in [3.8, 4) is 0 Å². The first-order valence-corrected chi connectivity index (χ1v) is 10.7. The second-order valence-corrected chi connectivity index (χ2v) is 9.11. The van der Waals surface area contributed by atoms with E-state index in [1.165, 1.54) is 11.1 Å². The van der Waals surface area contributed by atoms with E-state index in [-0.39, 0.29) is 24.1 Å². The number of aliphatic imine (C=N–C) groups is 1. The van der Waals surface area contributed by atoms with Gasteiger partial charge in [0.1, 0.15) is 18.2 Å². The molecule has 1 saturated heterocycles. The molecular formula is C25H30N2O3. The maximum absolute atomic E-state index is 13.0. The van der Waals surface area contributed by atoms with E-state index in [0.29, 0.717) is 19.0 Å². The van der Waals surface area contributed by atoms with Crippen LogP contribution in [0.3, 0.4) is 0 Å². The van der Waals surface area contributed by atoms with E-state index >= 15 is 0 Å². The van der Waals surface area contributed by atoms with Gasteiger partial charge in [-0.15, -0.1) is 0 Å². The smallest absolute Gasteiger partial charge is 0.410 e. The minimum Gasteiger partial charge on any atom is -0.477 e. The largest absolute Gasteiger partial charge is 0.477 e. The van der Waals surface area contributed by atoms with Crippen LogP contribution in [0.4, 0.5) is 4.79 Å². The third-order valence-corrected chi connectivity index (χ3v) is 5.53. The number of ether oxygens (including phenoxy) is 2. The molecule has 0 spiro atoms. The Balaban J connectivity index is 1.53. The zero-order valence-electron chi connectivity index (χ0n) is 18.0. The molecule has 0 aromatic heterocycles. The van der Waals surface area contributed by atoms with Crippen LogP contribution < -0.4 is 0 Å². The summed E-state index contributed by atoms with van der Waals surface area (Å²) in [4.78, 5) is 19.6. The first kappa shape index (κ1) is 20.5. The molecule has 0 N–H and O–H groups in total. The average molecular weight is 407 g/mol. The number of amides is 1. The Morgan fingerprint density at radius 1 is 1.10 bits per heavy atom. The maximum atomic E-state index is 13.0. The highest BCUT2D eigenvalue weighted by Crippen LogP contribution is 2.34. The van der Waals surface area contributed by atoms with E-state index in [2.05, 4.69) is 24.3 Å². The van der Waals surface area contributed by atoms with Gasteiger partial charge in [-0.2, -0.15) is 0 Å². The van der Waals surface area contributed by atoms with Crippen LogP contribution in [0.25, 0.3) is 0 Å². The summed E-state index contributed by atoms with van der Waals surface area (Å²) < 4.78 is 11.7. The Morgan fingerprint density at radius 3 is 2.43 bits per heavy atom. The van der Waals surface area contributed by atoms with Crippen LogP contribution in [0.5, 0.6) is 0 Å². The van der Waals surface area contributed by atoms with Crippen LogP contribution in [-0.2, 0) is 15.9 Å². The minimum atomic E-state index is -0.541. The molecule has 3 unspecified atom stereocenters. The molecule has 3 atom stereocenters. The maximum Gasteiger partial charge on any atom is 0.410 e. The van der Waals surface area contributed by atoms with E-state index in [9.17, 15) is 4.79 Å². The quantitative estimate of drug-likeness (QED) is 0.731. The van der Waals surface area contributed by atoms with E-state index in [1.54, 1.807) is 4.90 Å². The standard InChI is InChI=1S/C25H30N2O3/c1-25(2,3)30-24(28)27-16-20(19-12-8-5-9-13-19)15-22(27)23-26-21(17-29-23)14-18-10-6-4-7-11-18/h4-13,20-22H,14-17H2,1-3H3. The Kier molecular flexibility index (Phi) is 5.80. The number of hydrogen-bond donors (Lipinski definition) is 0. The zero-order chi connectivity index (χ0) is 21.1. The molecule has 0 aliphatic carbocycles. The summed E-state index contributed by atoms with van der Waals surface area (Å²) in [6.07, 6.45) is 1.33. The normalized spacial score (nSPS) is 23.8. The van der Waals surface area contributed by atoms with Gasteiger partial charge in [-0.3, -0.25) is 4.90 Å². The van der Waals surface area contributed by atoms with Crippen molar-refractivity contribution in [3.63, 3.8) is 0 Å². The molecule has 2 aromatic carbocycles. The van der Waals surface area contributed by atoms with E-state index in [4.69, 9.17) is 14.5 Å². The van der Waals surface area contributed by atoms with Crippen molar-refractivity contribution in [1.29, 1.82) is 0 Å². The molecule has 0 bridgehead atoms. The van der Waals surface area contributed by atoms with Crippen molar-refractivity contribution in [1.82, 2.24) is 4.90 Å². The minimum absolute atomic E-state index is 0.0821. The fourth-order valence-electron chi connectivity index (χ4n) is 4.17. The number of rotatable bonds is 4. The third-order valence-electron chi connectivity index (χ3n) is 5.53. The number of carbonyl (C=O) groups excluding carboxylic acids is 1. The lowest BCUT2D eigenvalue weighted by Crippen LogP contribution is -2.43. The van der Waals surface area contributed by atoms with Gasteiger partial charge in [-0.05, 0) is 44.7 Å². The lowest BCUT2D eigenvalue weighted by atomic mass is 9.96. The predicted octanol–water partition coefficient (Wildman–Crippen LogP) is 4.82. The van der Waals surface area contributed by atoms with Gasteiger partial charge in [0.05, 0.1) is 6.04 Å². The van der Waals surface area contributed by atoms with Crippen molar-refractivity contribution in [3.05, 3.63) is 71.8 Å². The Morgan fingerprint density at radius 2 is 1.77 bits per heavy atom. The second-order valence-electron chi connectivity index (χ2n) is 9.11. The fourth-order valence-corrected chi connectivity index (χ4v) is 4.17. The van der Waals surface area contributed by atoms with Crippen molar-refractivity contribution in [2.24, 2.45) is 4.99 Å². The molecule has 5 nitrogen and oxygen atoms in total. The molecule has 158 valence electrons. The highest BCUT2D eigenvalue weighted by molar-refractivity contribution is 5.87. The number of carbonyl (C=O) groups is 1. The molecule has 1 fully saturated rings. The topological polar surface area (TPSA) is 51.1 Å². The highest BCUT2D eigenvalue weighted by atomic mass is 16.6. The van der Waals surface area contributed by atoms with Gasteiger partial charge in [0, 0.05) is 12.5 Å². The SMILES string of the molecule is CC(C)(C)OC(=O)N1CC(c2ccccc2)CC1C1=NC(Cc2ccccc2)CO1. The van der Waals surface area contributed by atoms with E-state index < -0.39 is 5.60 Å². The Hall–Kier alpha value is -2.82. The number of nitrogens with zero attached hydrogens (tertiary/aromatic N) is 2. The second kappa shape index (κ2) is 8.50. The molecule has 0 saturated carbocycles. The molecule has 30 heavy (non-hydrogen) atoms. The molecular weight excluding hydrogens is 376 g/mol. The van der Waals surface area contributed by atoms with Crippen molar-refractivity contribution in [2.45, 2.75) is 57.2 Å². The van der Waals surface area contributed by atoms with Crippen LogP contribution in [0.2, 0.25) is 0 Å². The number of hydrogen-bond acceptors (Lipinski definition) is 4. The molecule has 2 heterocycles. The third kappa shape index (κ3) is 4.84. The predicted molar refractivity (Wildman–Crippen MR) is 118 cm³/mol. The first-order chi connectivity index (χ1) is 14.4. The molecule has 1 amide bonds. The van der Waals surface area contributed by atoms with Gasteiger partial charge < -0.3 is 9.47 Å². The van der Waals surface area contributed by atoms with Crippen molar-refractivity contribution >= 4 is 12.0 Å². The summed E-state index contributed by atoms with van der Waals surface area (Å²) in [7, 11) is 0. The molecule has 4 rings (SSSR count). The summed E-state index contributed by atoms with van der Waals surface area (Å²) in [5.41, 5.74) is 1.93. The Bertz CT molecular complexity index is 890. The summed E-state index contributed by atoms with van der Waals surface area (Å²) in [5, 5.41) is 0. The fraction of sp³-hybridized carbons (Fsp3) is 0.440. The lowest BCUT2D eigenvalue weighted by molar-refractivity contribution is 0.0252. The Labute approximate surface area is 178 Å². The molecule has 0 radical (unpaired) electrons. The highest BCUT2D eigenvalue weighted by Gasteiger charge is 2.43.